The van der Waals surface area contributed by atoms with Crippen molar-refractivity contribution >= 4 is 23.6 Å². The molecule has 0 saturated carbocycles. The van der Waals surface area contributed by atoms with Crippen LogP contribution in [-0.4, -0.2) is 40.4 Å². The lowest BCUT2D eigenvalue weighted by Crippen LogP contribution is -2.28. The monoisotopic (exact) mass is 334 g/mol. The van der Waals surface area contributed by atoms with Crippen LogP contribution in [0, 0.1) is 17.0 Å². The molecular formula is C14H18N6O4. The molecule has 0 fully saturated rings. The first kappa shape index (κ1) is 17.2. The van der Waals surface area contributed by atoms with Crippen molar-refractivity contribution in [2.45, 2.75) is 13.8 Å². The number of furan rings is 1. The van der Waals surface area contributed by atoms with Crippen molar-refractivity contribution in [1.29, 1.82) is 0 Å². The molecule has 0 radical (unpaired) electrons. The normalized spacial score (nSPS) is 10.2. The Morgan fingerprint density at radius 1 is 1.29 bits per heavy atom. The summed E-state index contributed by atoms with van der Waals surface area (Å²) < 4.78 is 4.82. The van der Waals surface area contributed by atoms with E-state index in [4.69, 9.17) is 4.42 Å². The SMILES string of the molecule is CCNc1nc(C)cc(NCCNC(=O)c2ccc([N+](=O)[O-])o2)n1. The number of nitrogens with zero attached hydrogens (tertiary/aromatic N) is 3. The Balaban J connectivity index is 1.82. The fraction of sp³-hybridized carbons (Fsp3) is 0.357. The molecule has 128 valence electrons. The largest absolute Gasteiger partial charge is 0.433 e. The highest BCUT2D eigenvalue weighted by Crippen LogP contribution is 2.15. The molecule has 1 amide bonds. The van der Waals surface area contributed by atoms with Crippen LogP contribution in [-0.2, 0) is 0 Å². The summed E-state index contributed by atoms with van der Waals surface area (Å²) in [4.78, 5) is 30.1. The van der Waals surface area contributed by atoms with Crippen molar-refractivity contribution in [3.05, 3.63) is 39.8 Å². The first-order valence-corrected chi connectivity index (χ1v) is 7.35. The second-order valence-corrected chi connectivity index (χ2v) is 4.83. The number of hydrogen-bond donors (Lipinski definition) is 3. The van der Waals surface area contributed by atoms with E-state index >= 15 is 0 Å². The molecule has 0 unspecified atom stereocenters. The van der Waals surface area contributed by atoms with Gasteiger partial charge in [-0.25, -0.2) is 4.98 Å². The van der Waals surface area contributed by atoms with Crippen LogP contribution in [0.4, 0.5) is 17.7 Å². The highest BCUT2D eigenvalue weighted by atomic mass is 16.6. The summed E-state index contributed by atoms with van der Waals surface area (Å²) in [5.74, 6) is 0.0880. The van der Waals surface area contributed by atoms with Crippen LogP contribution in [0.1, 0.15) is 23.2 Å². The zero-order valence-corrected chi connectivity index (χ0v) is 13.3. The van der Waals surface area contributed by atoms with Crippen LogP contribution in [0.3, 0.4) is 0 Å². The van der Waals surface area contributed by atoms with E-state index in [-0.39, 0.29) is 5.76 Å². The van der Waals surface area contributed by atoms with E-state index in [9.17, 15) is 14.9 Å². The second-order valence-electron chi connectivity index (χ2n) is 4.83. The standard InChI is InChI=1S/C14H18N6O4/c1-3-15-14-18-9(2)8-11(19-14)16-6-7-17-13(21)10-4-5-12(24-10)20(22)23/h4-5,8H,3,6-7H2,1-2H3,(H,17,21)(H2,15,16,18,19). The van der Waals surface area contributed by atoms with Gasteiger partial charge in [0.15, 0.2) is 5.76 Å². The fourth-order valence-corrected chi connectivity index (χ4v) is 1.90. The van der Waals surface area contributed by atoms with Gasteiger partial charge in [0, 0.05) is 31.4 Å². The maximum Gasteiger partial charge on any atom is 0.433 e. The molecule has 0 atom stereocenters. The Morgan fingerprint density at radius 3 is 2.75 bits per heavy atom. The molecule has 10 heteroatoms. The smallest absolute Gasteiger partial charge is 0.395 e. The first-order chi connectivity index (χ1) is 11.5. The molecule has 0 aliphatic heterocycles. The molecule has 10 nitrogen and oxygen atoms in total. The molecule has 0 saturated heterocycles. The van der Waals surface area contributed by atoms with Crippen molar-refractivity contribution in [3.8, 4) is 0 Å². The van der Waals surface area contributed by atoms with E-state index < -0.39 is 16.7 Å². The summed E-state index contributed by atoms with van der Waals surface area (Å²) in [6, 6.07) is 4.19. The molecule has 0 aliphatic rings. The highest BCUT2D eigenvalue weighted by molar-refractivity contribution is 5.91. The number of anilines is 2. The lowest BCUT2D eigenvalue weighted by atomic mass is 10.4. The molecular weight excluding hydrogens is 316 g/mol. The van der Waals surface area contributed by atoms with Crippen LogP contribution in [0.25, 0.3) is 0 Å². The van der Waals surface area contributed by atoms with Crippen LogP contribution in [0.2, 0.25) is 0 Å². The number of carbonyl (C=O) groups excluding carboxylic acids is 1. The number of aromatic nitrogens is 2. The fourth-order valence-electron chi connectivity index (χ4n) is 1.90. The average Bonchev–Trinajstić information content (AvgIpc) is 3.01. The molecule has 0 aromatic carbocycles. The molecule has 2 aromatic heterocycles. The Morgan fingerprint density at radius 2 is 2.08 bits per heavy atom. The molecule has 2 rings (SSSR count). The summed E-state index contributed by atoms with van der Waals surface area (Å²) in [6.07, 6.45) is 0. The average molecular weight is 334 g/mol. The minimum absolute atomic E-state index is 0.103. The molecule has 0 aliphatic carbocycles. The number of nitrogens with one attached hydrogen (secondary N) is 3. The van der Waals surface area contributed by atoms with Gasteiger partial charge in [-0.3, -0.25) is 14.9 Å². The Hall–Kier alpha value is -3.17. The molecule has 3 N–H and O–H groups in total. The summed E-state index contributed by atoms with van der Waals surface area (Å²) in [6.45, 7) is 5.25. The topological polar surface area (TPSA) is 135 Å². The van der Waals surface area contributed by atoms with Crippen LogP contribution in [0.15, 0.2) is 22.6 Å². The number of rotatable bonds is 8. The third-order valence-electron chi connectivity index (χ3n) is 2.90. The van der Waals surface area contributed by atoms with Gasteiger partial charge < -0.3 is 20.4 Å². The van der Waals surface area contributed by atoms with E-state index in [2.05, 4.69) is 25.9 Å². The van der Waals surface area contributed by atoms with E-state index in [1.165, 1.54) is 6.07 Å². The van der Waals surface area contributed by atoms with Crippen molar-refractivity contribution in [2.75, 3.05) is 30.3 Å². The van der Waals surface area contributed by atoms with Gasteiger partial charge in [0.25, 0.3) is 5.91 Å². The summed E-state index contributed by atoms with van der Waals surface area (Å²) in [5.41, 5.74) is 0.815. The maximum absolute atomic E-state index is 11.8. The predicted octanol–water partition coefficient (Wildman–Crippen LogP) is 1.56. The Kier molecular flexibility index (Phi) is 5.66. The lowest BCUT2D eigenvalue weighted by Gasteiger charge is -2.09. The molecule has 2 heterocycles. The highest BCUT2D eigenvalue weighted by Gasteiger charge is 2.16. The zero-order valence-electron chi connectivity index (χ0n) is 13.3. The maximum atomic E-state index is 11.8. The van der Waals surface area contributed by atoms with Crippen molar-refractivity contribution in [3.63, 3.8) is 0 Å². The van der Waals surface area contributed by atoms with Gasteiger partial charge >= 0.3 is 5.88 Å². The minimum atomic E-state index is -0.697. The van der Waals surface area contributed by atoms with Crippen LogP contribution >= 0.6 is 0 Å². The number of aryl methyl sites for hydroxylation is 1. The molecule has 0 spiro atoms. The third kappa shape index (κ3) is 4.66. The predicted molar refractivity (Wildman–Crippen MR) is 87.1 cm³/mol. The lowest BCUT2D eigenvalue weighted by molar-refractivity contribution is -0.402. The van der Waals surface area contributed by atoms with Crippen molar-refractivity contribution < 1.29 is 14.1 Å². The van der Waals surface area contributed by atoms with Gasteiger partial charge in [-0.05, 0) is 19.9 Å². The first-order valence-electron chi connectivity index (χ1n) is 7.35. The van der Waals surface area contributed by atoms with Crippen LogP contribution in [0.5, 0.6) is 0 Å². The van der Waals surface area contributed by atoms with Crippen molar-refractivity contribution in [1.82, 2.24) is 15.3 Å². The Labute approximate surface area is 137 Å². The number of nitro groups is 1. The van der Waals surface area contributed by atoms with E-state index in [1.54, 1.807) is 6.07 Å². The van der Waals surface area contributed by atoms with E-state index in [0.717, 1.165) is 11.8 Å². The summed E-state index contributed by atoms with van der Waals surface area (Å²) in [7, 11) is 0. The number of carbonyl (C=O) groups is 1. The van der Waals surface area contributed by atoms with Gasteiger partial charge in [-0.15, -0.1) is 0 Å². The summed E-state index contributed by atoms with van der Waals surface area (Å²) in [5, 5.41) is 19.2. The van der Waals surface area contributed by atoms with E-state index in [0.29, 0.717) is 31.4 Å². The number of hydrogen-bond acceptors (Lipinski definition) is 8. The third-order valence-corrected chi connectivity index (χ3v) is 2.90. The number of amides is 1. The zero-order chi connectivity index (χ0) is 17.5. The van der Waals surface area contributed by atoms with Crippen LogP contribution < -0.4 is 16.0 Å². The second kappa shape index (κ2) is 7.90. The molecule has 2 aromatic rings. The molecule has 24 heavy (non-hydrogen) atoms. The van der Waals surface area contributed by atoms with Gasteiger partial charge in [0.05, 0.1) is 6.07 Å². The van der Waals surface area contributed by atoms with E-state index in [1.807, 2.05) is 13.8 Å². The summed E-state index contributed by atoms with van der Waals surface area (Å²) >= 11 is 0. The van der Waals surface area contributed by atoms with Gasteiger partial charge in [0.2, 0.25) is 5.95 Å². The minimum Gasteiger partial charge on any atom is -0.395 e. The quantitative estimate of drug-likeness (QED) is 0.376. The van der Waals surface area contributed by atoms with Crippen molar-refractivity contribution in [2.24, 2.45) is 0 Å². The Bertz CT molecular complexity index is 730. The van der Waals surface area contributed by atoms with Gasteiger partial charge in [-0.2, -0.15) is 4.98 Å². The molecule has 0 bridgehead atoms. The van der Waals surface area contributed by atoms with Gasteiger partial charge in [-0.1, -0.05) is 0 Å². The van der Waals surface area contributed by atoms with Gasteiger partial charge in [0.1, 0.15) is 10.7 Å².